The number of urea groups is 1. The number of nitrogens with one attached hydrogen (secondary N) is 1. The van der Waals surface area contributed by atoms with Crippen LogP contribution in [0.15, 0.2) is 0 Å². The van der Waals surface area contributed by atoms with Gasteiger partial charge in [0.2, 0.25) is 0 Å². The van der Waals surface area contributed by atoms with E-state index in [9.17, 15) is 14.4 Å². The molecule has 72 valence electrons. The highest BCUT2D eigenvalue weighted by molar-refractivity contribution is 6.44. The Kier molecular flexibility index (Phi) is 2.65. The summed E-state index contributed by atoms with van der Waals surface area (Å²) in [6.07, 6.45) is 0.866. The first kappa shape index (κ1) is 9.70. The first-order valence-corrected chi connectivity index (χ1v) is 4.23. The fourth-order valence-corrected chi connectivity index (χ4v) is 1.04. The predicted molar refractivity (Wildman–Crippen MR) is 44.7 cm³/mol. The van der Waals surface area contributed by atoms with Crippen molar-refractivity contribution in [1.29, 1.82) is 0 Å². The molecule has 0 radical (unpaired) electrons. The normalized spacial score (nSPS) is 19.2. The number of nitrogens with zero attached hydrogens (tertiary/aromatic N) is 1. The average Bonchev–Trinajstić information content (AvgIpc) is 2.32. The monoisotopic (exact) mass is 184 g/mol. The first-order chi connectivity index (χ1) is 6.06. The van der Waals surface area contributed by atoms with Crippen LogP contribution in [0.1, 0.15) is 20.3 Å². The molecular weight excluding hydrogens is 172 g/mol. The minimum atomic E-state index is -0.826. The lowest BCUT2D eigenvalue weighted by molar-refractivity contribution is -0.140. The summed E-state index contributed by atoms with van der Waals surface area (Å²) in [5, 5.41) is 1.94. The van der Waals surface area contributed by atoms with Gasteiger partial charge in [0, 0.05) is 6.54 Å². The van der Waals surface area contributed by atoms with E-state index in [0.29, 0.717) is 6.54 Å². The Morgan fingerprint density at radius 3 is 2.38 bits per heavy atom. The van der Waals surface area contributed by atoms with Gasteiger partial charge in [0.05, 0.1) is 0 Å². The zero-order valence-electron chi connectivity index (χ0n) is 7.66. The Labute approximate surface area is 76.1 Å². The molecule has 13 heavy (non-hydrogen) atoms. The lowest BCUT2D eigenvalue weighted by Crippen LogP contribution is -2.34. The molecule has 4 amide bonds. The van der Waals surface area contributed by atoms with Gasteiger partial charge < -0.3 is 0 Å². The van der Waals surface area contributed by atoms with Crippen LogP contribution in [0, 0.1) is 5.92 Å². The van der Waals surface area contributed by atoms with Gasteiger partial charge in [-0.25, -0.2) is 4.79 Å². The number of imide groups is 2. The van der Waals surface area contributed by atoms with Crippen molar-refractivity contribution in [2.75, 3.05) is 6.54 Å². The van der Waals surface area contributed by atoms with Crippen molar-refractivity contribution in [3.05, 3.63) is 0 Å². The number of hydrogen-bond acceptors (Lipinski definition) is 3. The maximum absolute atomic E-state index is 11.1. The fourth-order valence-electron chi connectivity index (χ4n) is 1.04. The largest absolute Gasteiger partial charge is 0.331 e. The number of amides is 4. The summed E-state index contributed by atoms with van der Waals surface area (Å²) < 4.78 is 0. The Bertz CT molecular complexity index is 262. The average molecular weight is 184 g/mol. The molecule has 0 aromatic rings. The molecule has 1 aliphatic rings. The summed E-state index contributed by atoms with van der Waals surface area (Å²) in [7, 11) is 0. The molecule has 1 N–H and O–H groups in total. The number of rotatable bonds is 3. The van der Waals surface area contributed by atoms with Crippen LogP contribution >= 0.6 is 0 Å². The van der Waals surface area contributed by atoms with E-state index in [1.54, 1.807) is 0 Å². The molecule has 5 nitrogen and oxygen atoms in total. The van der Waals surface area contributed by atoms with E-state index in [-0.39, 0.29) is 5.92 Å². The highest BCUT2D eigenvalue weighted by atomic mass is 16.2. The van der Waals surface area contributed by atoms with Crippen molar-refractivity contribution >= 4 is 17.8 Å². The van der Waals surface area contributed by atoms with Gasteiger partial charge in [-0.2, -0.15) is 0 Å². The van der Waals surface area contributed by atoms with Crippen molar-refractivity contribution < 1.29 is 14.4 Å². The third-order valence-electron chi connectivity index (χ3n) is 2.10. The number of carbonyl (C=O) groups excluding carboxylic acids is 3. The molecule has 1 saturated heterocycles. The third kappa shape index (κ3) is 1.85. The Morgan fingerprint density at radius 2 is 2.00 bits per heavy atom. The van der Waals surface area contributed by atoms with Crippen LogP contribution in [0.3, 0.4) is 0 Å². The Balaban J connectivity index is 2.64. The fraction of sp³-hybridized carbons (Fsp3) is 0.625. The van der Waals surface area contributed by atoms with Crippen LogP contribution in [0.5, 0.6) is 0 Å². The summed E-state index contributed by atoms with van der Waals surface area (Å²) in [5.74, 6) is -1.35. The highest BCUT2D eigenvalue weighted by Gasteiger charge is 2.36. The van der Waals surface area contributed by atoms with Crippen molar-refractivity contribution in [1.82, 2.24) is 10.2 Å². The molecule has 0 spiro atoms. The second-order valence-electron chi connectivity index (χ2n) is 3.19. The van der Waals surface area contributed by atoms with Crippen LogP contribution in [-0.2, 0) is 9.59 Å². The molecular formula is C8H12N2O3. The molecule has 1 heterocycles. The van der Waals surface area contributed by atoms with Gasteiger partial charge in [-0.15, -0.1) is 0 Å². The predicted octanol–water partition coefficient (Wildman–Crippen LogP) is 0.111. The minimum absolute atomic E-state index is 0.223. The lowest BCUT2D eigenvalue weighted by Gasteiger charge is -2.15. The van der Waals surface area contributed by atoms with E-state index in [4.69, 9.17) is 0 Å². The van der Waals surface area contributed by atoms with Gasteiger partial charge in [0.1, 0.15) is 0 Å². The van der Waals surface area contributed by atoms with Crippen molar-refractivity contribution in [2.45, 2.75) is 20.3 Å². The van der Waals surface area contributed by atoms with Gasteiger partial charge in [0.25, 0.3) is 0 Å². The highest BCUT2D eigenvalue weighted by Crippen LogP contribution is 2.08. The van der Waals surface area contributed by atoms with Gasteiger partial charge in [-0.05, 0) is 5.92 Å². The number of carbonyl (C=O) groups is 3. The molecule has 0 aliphatic carbocycles. The quantitative estimate of drug-likeness (QED) is 0.500. The molecule has 5 heteroatoms. The molecule has 1 fully saturated rings. The van der Waals surface area contributed by atoms with Gasteiger partial charge in [-0.3, -0.25) is 19.8 Å². The molecule has 0 saturated carbocycles. The molecule has 0 bridgehead atoms. The topological polar surface area (TPSA) is 66.5 Å². The van der Waals surface area contributed by atoms with E-state index < -0.39 is 17.8 Å². The van der Waals surface area contributed by atoms with Crippen molar-refractivity contribution in [3.63, 3.8) is 0 Å². The zero-order chi connectivity index (χ0) is 10.0. The maximum atomic E-state index is 11.1. The second kappa shape index (κ2) is 3.55. The van der Waals surface area contributed by atoms with Gasteiger partial charge >= 0.3 is 17.8 Å². The molecule has 1 unspecified atom stereocenters. The van der Waals surface area contributed by atoms with Crippen molar-refractivity contribution in [2.24, 2.45) is 5.92 Å². The van der Waals surface area contributed by atoms with E-state index >= 15 is 0 Å². The van der Waals surface area contributed by atoms with E-state index in [0.717, 1.165) is 11.3 Å². The Morgan fingerprint density at radius 1 is 1.38 bits per heavy atom. The summed E-state index contributed by atoms with van der Waals surface area (Å²) in [6.45, 7) is 4.20. The molecule has 0 aromatic carbocycles. The third-order valence-corrected chi connectivity index (χ3v) is 2.10. The Hall–Kier alpha value is -1.39. The number of hydrogen-bond donors (Lipinski definition) is 1. The van der Waals surface area contributed by atoms with Crippen molar-refractivity contribution in [3.8, 4) is 0 Å². The standard InChI is InChI=1S/C8H12N2O3/c1-3-5(2)4-10-7(12)6(11)9-8(10)13/h5H,3-4H2,1-2H3,(H,9,11,13). The van der Waals surface area contributed by atoms with E-state index in [1.807, 2.05) is 19.2 Å². The van der Waals surface area contributed by atoms with Crippen LogP contribution < -0.4 is 5.32 Å². The summed E-state index contributed by atoms with van der Waals surface area (Å²) in [4.78, 5) is 33.8. The molecule has 1 rings (SSSR count). The van der Waals surface area contributed by atoms with Crippen LogP contribution in [0.4, 0.5) is 4.79 Å². The SMILES string of the molecule is CCC(C)CN1C(=O)NC(=O)C1=O. The smallest absolute Gasteiger partial charge is 0.269 e. The second-order valence-corrected chi connectivity index (χ2v) is 3.19. The first-order valence-electron chi connectivity index (χ1n) is 4.23. The summed E-state index contributed by atoms with van der Waals surface area (Å²) in [6, 6.07) is -0.602. The van der Waals surface area contributed by atoms with Crippen LogP contribution in [-0.4, -0.2) is 29.3 Å². The van der Waals surface area contributed by atoms with E-state index in [2.05, 4.69) is 0 Å². The molecule has 1 aliphatic heterocycles. The van der Waals surface area contributed by atoms with Gasteiger partial charge in [0.15, 0.2) is 0 Å². The van der Waals surface area contributed by atoms with Crippen LogP contribution in [0.2, 0.25) is 0 Å². The van der Waals surface area contributed by atoms with Gasteiger partial charge in [-0.1, -0.05) is 20.3 Å². The maximum Gasteiger partial charge on any atom is 0.331 e. The van der Waals surface area contributed by atoms with E-state index in [1.165, 1.54) is 0 Å². The van der Waals surface area contributed by atoms with Crippen LogP contribution in [0.25, 0.3) is 0 Å². The summed E-state index contributed by atoms with van der Waals surface area (Å²) >= 11 is 0. The zero-order valence-corrected chi connectivity index (χ0v) is 7.66. The lowest BCUT2D eigenvalue weighted by atomic mass is 10.1. The molecule has 0 aromatic heterocycles. The summed E-state index contributed by atoms with van der Waals surface area (Å²) in [5.41, 5.74) is 0. The minimum Gasteiger partial charge on any atom is -0.269 e. The molecule has 1 atom stereocenters.